The third-order valence-electron chi connectivity index (χ3n) is 5.46. The number of rotatable bonds is 3. The number of imidazole rings is 1. The lowest BCUT2D eigenvalue weighted by atomic mass is 9.94. The fraction of sp³-hybridized carbons (Fsp3) is 0.500. The first-order chi connectivity index (χ1) is 12.5. The molecule has 0 spiro atoms. The highest BCUT2D eigenvalue weighted by Gasteiger charge is 2.37. The van der Waals surface area contributed by atoms with Gasteiger partial charge in [0.25, 0.3) is 11.5 Å². The molecule has 2 atom stereocenters. The van der Waals surface area contributed by atoms with Crippen LogP contribution in [0.25, 0.3) is 0 Å². The van der Waals surface area contributed by atoms with E-state index in [1.807, 2.05) is 11.8 Å². The molecule has 0 unspecified atom stereocenters. The average Bonchev–Trinajstić information content (AvgIpc) is 2.83. The van der Waals surface area contributed by atoms with E-state index in [-0.39, 0.29) is 22.5 Å². The molecule has 138 valence electrons. The molecule has 5 heterocycles. The van der Waals surface area contributed by atoms with Crippen LogP contribution in [-0.2, 0) is 6.54 Å². The lowest BCUT2D eigenvalue weighted by Gasteiger charge is -2.36. The Hall–Kier alpha value is -2.12. The third kappa shape index (κ3) is 3.29. The van der Waals surface area contributed by atoms with Crippen molar-refractivity contribution in [2.45, 2.75) is 32.4 Å². The zero-order valence-electron chi connectivity index (χ0n) is 14.7. The van der Waals surface area contributed by atoms with E-state index in [1.165, 1.54) is 12.3 Å². The molecule has 1 amide bonds. The second kappa shape index (κ2) is 6.89. The number of carbonyl (C=O) groups excluding carboxylic acids is 1. The number of aromatic nitrogens is 3. The lowest BCUT2D eigenvalue weighted by Crippen LogP contribution is -2.47. The van der Waals surface area contributed by atoms with Crippen LogP contribution in [0.3, 0.4) is 0 Å². The van der Waals surface area contributed by atoms with Gasteiger partial charge < -0.3 is 14.9 Å². The zero-order valence-corrected chi connectivity index (χ0v) is 15.4. The van der Waals surface area contributed by atoms with Gasteiger partial charge in [0.1, 0.15) is 5.02 Å². The molecule has 0 aliphatic carbocycles. The van der Waals surface area contributed by atoms with Crippen LogP contribution in [0.2, 0.25) is 5.02 Å². The van der Waals surface area contributed by atoms with Crippen molar-refractivity contribution in [1.82, 2.24) is 24.8 Å². The molecule has 2 aromatic rings. The van der Waals surface area contributed by atoms with Gasteiger partial charge in [-0.15, -0.1) is 0 Å². The van der Waals surface area contributed by atoms with Gasteiger partial charge in [-0.3, -0.25) is 14.5 Å². The topological polar surface area (TPSA) is 85.1 Å². The van der Waals surface area contributed by atoms with Crippen LogP contribution < -0.4 is 5.56 Å². The van der Waals surface area contributed by atoms with Crippen molar-refractivity contribution >= 4 is 17.5 Å². The minimum atomic E-state index is -0.374. The van der Waals surface area contributed by atoms with E-state index in [2.05, 4.69) is 19.9 Å². The predicted octanol–water partition coefficient (Wildman–Crippen LogP) is 1.80. The molecule has 3 fully saturated rings. The molecular formula is C18H22ClN5O2. The van der Waals surface area contributed by atoms with Crippen molar-refractivity contribution in [3.05, 3.63) is 50.9 Å². The Bertz CT molecular complexity index is 876. The van der Waals surface area contributed by atoms with Gasteiger partial charge in [-0.2, -0.15) is 0 Å². The number of hydrogen-bond acceptors (Lipinski definition) is 4. The van der Waals surface area contributed by atoms with Crippen molar-refractivity contribution in [3.63, 3.8) is 0 Å². The van der Waals surface area contributed by atoms with Crippen LogP contribution in [0, 0.1) is 12.8 Å². The number of amides is 1. The summed E-state index contributed by atoms with van der Waals surface area (Å²) >= 11 is 5.89. The summed E-state index contributed by atoms with van der Waals surface area (Å²) in [6.07, 6.45) is 5.33. The number of hydrogen-bond donors (Lipinski definition) is 2. The average molecular weight is 376 g/mol. The molecule has 2 N–H and O–H groups in total. The molecule has 8 heteroatoms. The molecule has 2 bridgehead atoms. The number of nitrogens with one attached hydrogen (secondary N) is 2. The minimum Gasteiger partial charge on any atom is -0.348 e. The van der Waals surface area contributed by atoms with Gasteiger partial charge in [0.15, 0.2) is 0 Å². The highest BCUT2D eigenvalue weighted by molar-refractivity contribution is 6.30. The highest BCUT2D eigenvalue weighted by atomic mass is 35.5. The zero-order chi connectivity index (χ0) is 18.3. The van der Waals surface area contributed by atoms with Gasteiger partial charge in [0.05, 0.1) is 17.6 Å². The summed E-state index contributed by atoms with van der Waals surface area (Å²) in [7, 11) is 0. The Morgan fingerprint density at radius 2 is 2.15 bits per heavy atom. The van der Waals surface area contributed by atoms with E-state index in [1.54, 1.807) is 6.33 Å². The highest BCUT2D eigenvalue weighted by Crippen LogP contribution is 2.30. The van der Waals surface area contributed by atoms with Crippen LogP contribution in [0.15, 0.2) is 23.4 Å². The second-order valence-corrected chi connectivity index (χ2v) is 7.70. The molecule has 0 radical (unpaired) electrons. The summed E-state index contributed by atoms with van der Waals surface area (Å²) in [5, 5.41) is 0.0477. The fourth-order valence-corrected chi connectivity index (χ4v) is 4.23. The summed E-state index contributed by atoms with van der Waals surface area (Å²) in [5.41, 5.74) is 2.23. The number of halogens is 1. The summed E-state index contributed by atoms with van der Waals surface area (Å²) in [6, 6.07) is 1.64. The largest absolute Gasteiger partial charge is 0.348 e. The predicted molar refractivity (Wildman–Crippen MR) is 98.2 cm³/mol. The van der Waals surface area contributed by atoms with Crippen LogP contribution in [0.4, 0.5) is 0 Å². The first kappa shape index (κ1) is 17.3. The van der Waals surface area contributed by atoms with Crippen molar-refractivity contribution in [1.29, 1.82) is 0 Å². The minimum absolute atomic E-state index is 0.0477. The normalized spacial score (nSPS) is 23.2. The third-order valence-corrected chi connectivity index (χ3v) is 5.74. The molecule has 7 nitrogen and oxygen atoms in total. The summed E-state index contributed by atoms with van der Waals surface area (Å²) in [4.78, 5) is 38.9. The molecule has 3 aliphatic heterocycles. The number of aryl methyl sites for hydroxylation is 1. The maximum atomic E-state index is 13.0. The van der Waals surface area contributed by atoms with E-state index in [0.29, 0.717) is 11.5 Å². The smallest absolute Gasteiger partial charge is 0.266 e. The Morgan fingerprint density at radius 3 is 2.88 bits per heavy atom. The SMILES string of the molecule is Cc1[nH]cnc1CN1C[C@H]2CC[C@@H](C1)N(C(=O)c1c[nH]c(=O)c(Cl)c1)C2. The maximum absolute atomic E-state index is 13.0. The van der Waals surface area contributed by atoms with Crippen molar-refractivity contribution in [2.24, 2.45) is 5.92 Å². The van der Waals surface area contributed by atoms with Gasteiger partial charge >= 0.3 is 0 Å². The van der Waals surface area contributed by atoms with E-state index in [9.17, 15) is 9.59 Å². The number of H-pyrrole nitrogens is 2. The number of fused-ring (bicyclic) bond motifs is 4. The van der Waals surface area contributed by atoms with E-state index >= 15 is 0 Å². The number of carbonyl (C=O) groups is 1. The van der Waals surface area contributed by atoms with E-state index < -0.39 is 0 Å². The van der Waals surface area contributed by atoms with E-state index in [0.717, 1.165) is 50.4 Å². The molecule has 0 saturated carbocycles. The summed E-state index contributed by atoms with van der Waals surface area (Å²) in [6.45, 7) is 5.39. The molecule has 26 heavy (non-hydrogen) atoms. The van der Waals surface area contributed by atoms with Crippen molar-refractivity contribution in [3.8, 4) is 0 Å². The second-order valence-electron chi connectivity index (χ2n) is 7.29. The maximum Gasteiger partial charge on any atom is 0.266 e. The van der Waals surface area contributed by atoms with Crippen molar-refractivity contribution < 1.29 is 4.79 Å². The summed E-state index contributed by atoms with van der Waals surface area (Å²) < 4.78 is 0. The Balaban J connectivity index is 1.52. The molecule has 3 aliphatic rings. The Morgan fingerprint density at radius 1 is 1.31 bits per heavy atom. The Labute approximate surface area is 156 Å². The first-order valence-electron chi connectivity index (χ1n) is 8.91. The number of aromatic amines is 2. The first-order valence-corrected chi connectivity index (χ1v) is 9.29. The van der Waals surface area contributed by atoms with Gasteiger partial charge in [-0.25, -0.2) is 4.98 Å². The Kier molecular flexibility index (Phi) is 4.58. The monoisotopic (exact) mass is 375 g/mol. The van der Waals surface area contributed by atoms with Gasteiger partial charge in [-0.05, 0) is 31.7 Å². The molecule has 2 aromatic heterocycles. The standard InChI is InChI=1S/C18H22ClN5O2/c1-11-16(22-10-21-11)9-23-6-12-2-3-14(8-23)24(7-12)18(26)13-4-15(19)17(25)20-5-13/h4-5,10,12,14H,2-3,6-9H2,1H3,(H,20,25)(H,21,22)/t12-,14+/m1/s1. The number of pyridine rings is 1. The molecular weight excluding hydrogens is 354 g/mol. The number of piperidine rings is 1. The van der Waals surface area contributed by atoms with Crippen LogP contribution in [0.1, 0.15) is 34.6 Å². The number of nitrogens with zero attached hydrogens (tertiary/aromatic N) is 3. The lowest BCUT2D eigenvalue weighted by molar-refractivity contribution is 0.0584. The van der Waals surface area contributed by atoms with E-state index in [4.69, 9.17) is 11.6 Å². The van der Waals surface area contributed by atoms with Crippen LogP contribution in [-0.4, -0.2) is 56.3 Å². The van der Waals surface area contributed by atoms with Gasteiger partial charge in [0, 0.05) is 44.1 Å². The quantitative estimate of drug-likeness (QED) is 0.856. The van der Waals surface area contributed by atoms with Crippen LogP contribution in [0.5, 0.6) is 0 Å². The molecule has 0 aromatic carbocycles. The van der Waals surface area contributed by atoms with Gasteiger partial charge in [0.2, 0.25) is 0 Å². The molecule has 3 saturated heterocycles. The summed E-state index contributed by atoms with van der Waals surface area (Å²) in [5.74, 6) is 0.394. The van der Waals surface area contributed by atoms with Crippen LogP contribution >= 0.6 is 11.6 Å². The van der Waals surface area contributed by atoms with Gasteiger partial charge in [-0.1, -0.05) is 11.6 Å². The fourth-order valence-electron chi connectivity index (χ4n) is 4.06. The molecule has 5 rings (SSSR count). The van der Waals surface area contributed by atoms with Crippen molar-refractivity contribution in [2.75, 3.05) is 19.6 Å².